The van der Waals surface area contributed by atoms with E-state index in [2.05, 4.69) is 5.32 Å². The molecule has 0 aliphatic carbocycles. The molecule has 0 radical (unpaired) electrons. The minimum Gasteiger partial charge on any atom is -0.495 e. The lowest BCUT2D eigenvalue weighted by atomic mass is 10.2. The number of ether oxygens (including phenoxy) is 1. The first-order valence-electron chi connectivity index (χ1n) is 7.84. The number of methoxy groups -OCH3 is 1. The molecule has 2 aromatic carbocycles. The van der Waals surface area contributed by atoms with Crippen LogP contribution in [0.25, 0.3) is 0 Å². The molecule has 1 atom stereocenters. The zero-order chi connectivity index (χ0) is 19.5. The first-order chi connectivity index (χ1) is 12.1. The number of halogens is 1. The Morgan fingerprint density at radius 2 is 1.81 bits per heavy atom. The molecule has 0 aromatic heterocycles. The number of carbonyl (C=O) groups excluding carboxylic acids is 1. The lowest BCUT2D eigenvalue weighted by molar-refractivity contribution is -0.116. The highest BCUT2D eigenvalue weighted by Gasteiger charge is 2.29. The summed E-state index contributed by atoms with van der Waals surface area (Å²) in [5.41, 5.74) is 1.77. The predicted molar refractivity (Wildman–Crippen MR) is 105 cm³/mol. The van der Waals surface area contributed by atoms with Crippen molar-refractivity contribution in [1.82, 2.24) is 0 Å². The second-order valence-corrected chi connectivity index (χ2v) is 8.20. The van der Waals surface area contributed by atoms with Gasteiger partial charge in [-0.2, -0.15) is 0 Å². The second-order valence-electron chi connectivity index (χ2n) is 5.90. The Labute approximate surface area is 158 Å². The number of hydrogen-bond acceptors (Lipinski definition) is 4. The number of carbonyl (C=O) groups is 1. The summed E-state index contributed by atoms with van der Waals surface area (Å²) in [6, 6.07) is 10.6. The van der Waals surface area contributed by atoms with E-state index in [0.29, 0.717) is 22.1 Å². The minimum atomic E-state index is -3.69. The number of sulfonamides is 1. The molecule has 0 saturated carbocycles. The summed E-state index contributed by atoms with van der Waals surface area (Å²) in [6.07, 6.45) is 1.05. The van der Waals surface area contributed by atoms with Crippen molar-refractivity contribution >= 4 is 38.9 Å². The Morgan fingerprint density at radius 3 is 2.35 bits per heavy atom. The van der Waals surface area contributed by atoms with Crippen LogP contribution >= 0.6 is 11.6 Å². The highest BCUT2D eigenvalue weighted by Crippen LogP contribution is 2.27. The topological polar surface area (TPSA) is 75.7 Å². The number of benzene rings is 2. The van der Waals surface area contributed by atoms with Crippen LogP contribution in [0, 0.1) is 6.92 Å². The third-order valence-corrected chi connectivity index (χ3v) is 5.28. The van der Waals surface area contributed by atoms with Gasteiger partial charge in [-0.15, -0.1) is 0 Å². The van der Waals surface area contributed by atoms with E-state index in [1.807, 2.05) is 13.0 Å². The summed E-state index contributed by atoms with van der Waals surface area (Å²) >= 11 is 5.87. The van der Waals surface area contributed by atoms with Gasteiger partial charge in [-0.25, -0.2) is 8.42 Å². The van der Waals surface area contributed by atoms with Gasteiger partial charge in [-0.05, 0) is 55.8 Å². The molecule has 0 aliphatic heterocycles. The third-order valence-electron chi connectivity index (χ3n) is 3.78. The molecule has 0 bridgehead atoms. The number of hydrogen-bond donors (Lipinski definition) is 1. The van der Waals surface area contributed by atoms with Crippen LogP contribution in [-0.4, -0.2) is 33.7 Å². The quantitative estimate of drug-likeness (QED) is 0.811. The van der Waals surface area contributed by atoms with Gasteiger partial charge in [-0.3, -0.25) is 9.10 Å². The summed E-state index contributed by atoms with van der Waals surface area (Å²) in [5.74, 6) is 0.0165. The van der Waals surface area contributed by atoms with Crippen LogP contribution in [0.15, 0.2) is 42.5 Å². The van der Waals surface area contributed by atoms with Gasteiger partial charge in [0.25, 0.3) is 0 Å². The maximum absolute atomic E-state index is 12.7. The summed E-state index contributed by atoms with van der Waals surface area (Å²) < 4.78 is 30.9. The Balaban J connectivity index is 2.34. The molecule has 2 aromatic rings. The molecule has 0 fully saturated rings. The maximum atomic E-state index is 12.7. The molecular weight excluding hydrogens is 376 g/mol. The number of nitrogens with one attached hydrogen (secondary N) is 1. The van der Waals surface area contributed by atoms with Crippen LogP contribution < -0.4 is 14.4 Å². The summed E-state index contributed by atoms with van der Waals surface area (Å²) in [7, 11) is -2.19. The first kappa shape index (κ1) is 20.1. The predicted octanol–water partition coefficient (Wildman–Crippen LogP) is 3.45. The van der Waals surface area contributed by atoms with Crippen LogP contribution in [0.4, 0.5) is 11.4 Å². The largest absolute Gasteiger partial charge is 0.495 e. The van der Waals surface area contributed by atoms with Gasteiger partial charge >= 0.3 is 0 Å². The molecular formula is C18H21ClN2O4S. The Bertz CT molecular complexity index is 898. The van der Waals surface area contributed by atoms with E-state index in [4.69, 9.17) is 16.3 Å². The summed E-state index contributed by atoms with van der Waals surface area (Å²) in [5, 5.41) is 3.22. The molecule has 1 amide bonds. The number of nitrogens with zero attached hydrogens (tertiary/aromatic N) is 1. The highest BCUT2D eigenvalue weighted by atomic mass is 35.5. The zero-order valence-electron chi connectivity index (χ0n) is 15.0. The average Bonchev–Trinajstić information content (AvgIpc) is 2.55. The van der Waals surface area contributed by atoms with Crippen molar-refractivity contribution in [3.8, 4) is 5.75 Å². The zero-order valence-corrected chi connectivity index (χ0v) is 16.6. The molecule has 0 saturated heterocycles. The van der Waals surface area contributed by atoms with Crippen molar-refractivity contribution in [1.29, 1.82) is 0 Å². The van der Waals surface area contributed by atoms with E-state index in [0.717, 1.165) is 16.1 Å². The van der Waals surface area contributed by atoms with Crippen LogP contribution in [0.1, 0.15) is 12.5 Å². The van der Waals surface area contributed by atoms with Crippen LogP contribution in [-0.2, 0) is 14.8 Å². The van der Waals surface area contributed by atoms with E-state index < -0.39 is 22.0 Å². The molecule has 140 valence electrons. The minimum absolute atomic E-state index is 0.357. The molecule has 1 N–H and O–H groups in total. The molecule has 0 aliphatic rings. The van der Waals surface area contributed by atoms with Gasteiger partial charge in [0.2, 0.25) is 15.9 Å². The Kier molecular flexibility index (Phi) is 6.15. The lowest BCUT2D eigenvalue weighted by Gasteiger charge is -2.28. The fraction of sp³-hybridized carbons (Fsp3) is 0.278. The van der Waals surface area contributed by atoms with E-state index >= 15 is 0 Å². The van der Waals surface area contributed by atoms with Crippen molar-refractivity contribution in [3.05, 3.63) is 53.1 Å². The van der Waals surface area contributed by atoms with Crippen LogP contribution in [0.3, 0.4) is 0 Å². The van der Waals surface area contributed by atoms with Crippen molar-refractivity contribution in [2.45, 2.75) is 19.9 Å². The fourth-order valence-electron chi connectivity index (χ4n) is 2.55. The number of aryl methyl sites for hydroxylation is 1. The molecule has 2 rings (SSSR count). The van der Waals surface area contributed by atoms with E-state index in [1.54, 1.807) is 36.4 Å². The van der Waals surface area contributed by atoms with Crippen molar-refractivity contribution in [3.63, 3.8) is 0 Å². The van der Waals surface area contributed by atoms with Gasteiger partial charge in [0.05, 0.1) is 24.7 Å². The molecule has 26 heavy (non-hydrogen) atoms. The van der Waals surface area contributed by atoms with E-state index in [9.17, 15) is 13.2 Å². The number of anilines is 2. The lowest BCUT2D eigenvalue weighted by Crippen LogP contribution is -2.45. The molecule has 0 heterocycles. The summed E-state index contributed by atoms with van der Waals surface area (Å²) in [6.45, 7) is 3.41. The average molecular weight is 397 g/mol. The monoisotopic (exact) mass is 396 g/mol. The fourth-order valence-corrected chi connectivity index (χ4v) is 3.85. The Morgan fingerprint density at radius 1 is 1.19 bits per heavy atom. The molecule has 8 heteroatoms. The van der Waals surface area contributed by atoms with Crippen molar-refractivity contribution in [2.75, 3.05) is 23.0 Å². The Hall–Kier alpha value is -2.25. The maximum Gasteiger partial charge on any atom is 0.248 e. The van der Waals surface area contributed by atoms with Gasteiger partial charge in [-0.1, -0.05) is 17.7 Å². The van der Waals surface area contributed by atoms with Gasteiger partial charge in [0.15, 0.2) is 0 Å². The first-order valence-corrected chi connectivity index (χ1v) is 10.1. The summed E-state index contributed by atoms with van der Waals surface area (Å²) in [4.78, 5) is 12.7. The van der Waals surface area contributed by atoms with Crippen molar-refractivity contribution < 1.29 is 17.9 Å². The number of rotatable bonds is 6. The standard InChI is InChI=1S/C18H21ClN2O4S/c1-12-5-10-17(25-3)16(11-12)20-18(22)13(2)21(26(4,23)24)15-8-6-14(19)7-9-15/h5-11,13H,1-4H3,(H,20,22)/t13-/m0/s1. The van der Waals surface area contributed by atoms with Crippen molar-refractivity contribution in [2.24, 2.45) is 0 Å². The number of amides is 1. The van der Waals surface area contributed by atoms with Crippen LogP contribution in [0.5, 0.6) is 5.75 Å². The van der Waals surface area contributed by atoms with Crippen LogP contribution in [0.2, 0.25) is 5.02 Å². The molecule has 6 nitrogen and oxygen atoms in total. The second kappa shape index (κ2) is 7.97. The molecule has 0 spiro atoms. The molecule has 0 unspecified atom stereocenters. The smallest absolute Gasteiger partial charge is 0.248 e. The third kappa shape index (κ3) is 4.68. The SMILES string of the molecule is COc1ccc(C)cc1NC(=O)[C@H](C)N(c1ccc(Cl)cc1)S(C)(=O)=O. The van der Waals surface area contributed by atoms with Gasteiger partial charge in [0.1, 0.15) is 11.8 Å². The van der Waals surface area contributed by atoms with Gasteiger partial charge in [0, 0.05) is 5.02 Å². The van der Waals surface area contributed by atoms with E-state index in [-0.39, 0.29) is 0 Å². The highest BCUT2D eigenvalue weighted by molar-refractivity contribution is 7.92. The normalized spacial score (nSPS) is 12.3. The van der Waals surface area contributed by atoms with E-state index in [1.165, 1.54) is 14.0 Å². The van der Waals surface area contributed by atoms with Gasteiger partial charge < -0.3 is 10.1 Å².